The van der Waals surface area contributed by atoms with Crippen molar-refractivity contribution in [1.29, 1.82) is 0 Å². The largest absolute Gasteiger partial charge is 0.470 e. The minimum atomic E-state index is -5.11. The maximum absolute atomic E-state index is 12.5. The molecule has 7 nitrogen and oxygen atoms in total. The molecule has 1 aromatic rings. The molecule has 0 radical (unpaired) electrons. The highest BCUT2D eigenvalue weighted by atomic mass is 31.2. The fourth-order valence-electron chi connectivity index (χ4n) is 1.53. The van der Waals surface area contributed by atoms with Crippen molar-refractivity contribution in [2.24, 2.45) is 0 Å². The minimum absolute atomic E-state index is 0.205. The Kier molecular flexibility index (Phi) is 5.97. The van der Waals surface area contributed by atoms with E-state index in [0.717, 1.165) is 26.4 Å². The number of hydrogen-bond acceptors (Lipinski definition) is 5. The molecule has 0 fully saturated rings. The van der Waals surface area contributed by atoms with Crippen molar-refractivity contribution in [2.75, 3.05) is 14.2 Å². The van der Waals surface area contributed by atoms with E-state index in [1.54, 1.807) is 0 Å². The van der Waals surface area contributed by atoms with Gasteiger partial charge in [0.2, 0.25) is 0 Å². The van der Waals surface area contributed by atoms with Gasteiger partial charge in [-0.2, -0.15) is 13.2 Å². The zero-order chi connectivity index (χ0) is 17.2. The lowest BCUT2D eigenvalue weighted by Crippen LogP contribution is -2.09. The third-order valence-electron chi connectivity index (χ3n) is 2.56. The number of hydrogen-bond donors (Lipinski definition) is 2. The summed E-state index contributed by atoms with van der Waals surface area (Å²) in [4.78, 5) is 17.7. The summed E-state index contributed by atoms with van der Waals surface area (Å²) in [7, 11) is -7.37. The van der Waals surface area contributed by atoms with Crippen LogP contribution in [0.3, 0.4) is 0 Å². The van der Waals surface area contributed by atoms with Gasteiger partial charge < -0.3 is 18.8 Å². The Labute approximate surface area is 123 Å². The standard InChI is InChI=1S/C10H13F3O7P2/c1-18-21(14,19-2)9(20-22(15,16)17)7-3-5-8(6-4-7)10(11,12)13/h3-6,9H,1-2H3,(H2,15,16,17). The Morgan fingerprint density at radius 1 is 1.05 bits per heavy atom. The third-order valence-corrected chi connectivity index (χ3v) is 5.20. The maximum atomic E-state index is 12.5. The second-order valence-corrected chi connectivity index (χ2v) is 7.44. The van der Waals surface area contributed by atoms with Crippen LogP contribution in [0, 0.1) is 0 Å². The molecule has 0 aromatic heterocycles. The van der Waals surface area contributed by atoms with Crippen LogP contribution in [0.1, 0.15) is 17.0 Å². The number of phosphoric acid groups is 1. The van der Waals surface area contributed by atoms with Crippen LogP contribution in [-0.4, -0.2) is 24.0 Å². The second-order valence-electron chi connectivity index (χ2n) is 3.97. The van der Waals surface area contributed by atoms with Crippen molar-refractivity contribution in [3.8, 4) is 0 Å². The van der Waals surface area contributed by atoms with Gasteiger partial charge in [0.25, 0.3) is 0 Å². The van der Waals surface area contributed by atoms with Gasteiger partial charge in [-0.15, -0.1) is 0 Å². The summed E-state index contributed by atoms with van der Waals surface area (Å²) >= 11 is 0. The molecule has 12 heteroatoms. The lowest BCUT2D eigenvalue weighted by atomic mass is 10.1. The molecular weight excluding hydrogens is 351 g/mol. The molecule has 2 N–H and O–H groups in total. The Morgan fingerprint density at radius 3 is 1.82 bits per heavy atom. The van der Waals surface area contributed by atoms with Gasteiger partial charge in [0.1, 0.15) is 0 Å². The van der Waals surface area contributed by atoms with E-state index in [2.05, 4.69) is 13.6 Å². The van der Waals surface area contributed by atoms with Crippen LogP contribution in [0.15, 0.2) is 24.3 Å². The van der Waals surface area contributed by atoms with E-state index in [1.807, 2.05) is 0 Å². The molecule has 126 valence electrons. The fraction of sp³-hybridized carbons (Fsp3) is 0.400. The molecule has 0 bridgehead atoms. The molecule has 0 saturated carbocycles. The molecule has 0 amide bonds. The first-order chi connectivity index (χ1) is 9.93. The van der Waals surface area contributed by atoms with E-state index in [1.165, 1.54) is 0 Å². The van der Waals surface area contributed by atoms with Gasteiger partial charge in [-0.25, -0.2) is 4.57 Å². The molecule has 1 unspecified atom stereocenters. The van der Waals surface area contributed by atoms with Gasteiger partial charge in [-0.05, 0) is 17.7 Å². The maximum Gasteiger partial charge on any atom is 0.470 e. The molecule has 1 rings (SSSR count). The van der Waals surface area contributed by atoms with E-state index < -0.39 is 33.0 Å². The highest BCUT2D eigenvalue weighted by molar-refractivity contribution is 7.55. The SMILES string of the molecule is COP(=O)(OC)C(OP(=O)(O)O)c1ccc(C(F)(F)F)cc1. The fourth-order valence-corrected chi connectivity index (χ4v) is 3.82. The van der Waals surface area contributed by atoms with Gasteiger partial charge in [0.15, 0.2) is 5.85 Å². The predicted molar refractivity (Wildman–Crippen MR) is 68.9 cm³/mol. The van der Waals surface area contributed by atoms with Crippen molar-refractivity contribution in [3.05, 3.63) is 35.4 Å². The molecular formula is C10H13F3O7P2. The van der Waals surface area contributed by atoms with E-state index in [-0.39, 0.29) is 5.56 Å². The molecule has 0 aliphatic heterocycles. The molecule has 0 heterocycles. The number of rotatable bonds is 6. The van der Waals surface area contributed by atoms with Crippen LogP contribution < -0.4 is 0 Å². The van der Waals surface area contributed by atoms with E-state index in [0.29, 0.717) is 12.1 Å². The average Bonchev–Trinajstić information content (AvgIpc) is 2.42. The smallest absolute Gasteiger partial charge is 0.310 e. The van der Waals surface area contributed by atoms with Crippen molar-refractivity contribution in [1.82, 2.24) is 0 Å². The van der Waals surface area contributed by atoms with E-state index in [4.69, 9.17) is 9.79 Å². The van der Waals surface area contributed by atoms with Crippen molar-refractivity contribution in [2.45, 2.75) is 12.0 Å². The van der Waals surface area contributed by atoms with Gasteiger partial charge in [0.05, 0.1) is 5.56 Å². The first-order valence-corrected chi connectivity index (χ1v) is 8.69. The van der Waals surface area contributed by atoms with Crippen LogP contribution >= 0.6 is 15.4 Å². The molecule has 0 aliphatic rings. The third kappa shape index (κ3) is 4.89. The molecule has 1 atom stereocenters. The first kappa shape index (κ1) is 19.3. The number of alkyl halides is 3. The Balaban J connectivity index is 3.28. The summed E-state index contributed by atoms with van der Waals surface area (Å²) < 4.78 is 74.3. The number of halogens is 3. The normalized spacial score (nSPS) is 14.9. The molecule has 1 aromatic carbocycles. The highest BCUT2D eigenvalue weighted by Gasteiger charge is 2.41. The van der Waals surface area contributed by atoms with Crippen LogP contribution in [0.4, 0.5) is 13.2 Å². The number of benzene rings is 1. The summed E-state index contributed by atoms with van der Waals surface area (Å²) in [5.41, 5.74) is -1.20. The van der Waals surface area contributed by atoms with E-state index >= 15 is 0 Å². The molecule has 22 heavy (non-hydrogen) atoms. The van der Waals surface area contributed by atoms with Crippen LogP contribution in [0.25, 0.3) is 0 Å². The first-order valence-electron chi connectivity index (χ1n) is 5.55. The lowest BCUT2D eigenvalue weighted by Gasteiger charge is -2.25. The number of phosphoric ester groups is 1. The molecule has 0 spiro atoms. The van der Waals surface area contributed by atoms with Gasteiger partial charge in [-0.1, -0.05) is 12.1 Å². The van der Waals surface area contributed by atoms with Crippen molar-refractivity contribution < 1.29 is 45.7 Å². The van der Waals surface area contributed by atoms with Gasteiger partial charge in [-0.3, -0.25) is 9.09 Å². The summed E-state index contributed by atoms with van der Waals surface area (Å²) in [6.45, 7) is 0. The van der Waals surface area contributed by atoms with Gasteiger partial charge in [0, 0.05) is 14.2 Å². The van der Waals surface area contributed by atoms with Crippen molar-refractivity contribution in [3.63, 3.8) is 0 Å². The van der Waals surface area contributed by atoms with Gasteiger partial charge >= 0.3 is 21.6 Å². The van der Waals surface area contributed by atoms with Crippen LogP contribution in [0.5, 0.6) is 0 Å². The highest BCUT2D eigenvalue weighted by Crippen LogP contribution is 2.64. The zero-order valence-electron chi connectivity index (χ0n) is 11.4. The Bertz CT molecular complexity index is 588. The second kappa shape index (κ2) is 6.80. The quantitative estimate of drug-likeness (QED) is 0.747. The predicted octanol–water partition coefficient (Wildman–Crippen LogP) is 3.30. The summed E-state index contributed by atoms with van der Waals surface area (Å²) in [5, 5.41) is 0. The summed E-state index contributed by atoms with van der Waals surface area (Å²) in [6.07, 6.45) is -4.59. The average molecular weight is 364 g/mol. The summed E-state index contributed by atoms with van der Waals surface area (Å²) in [6, 6.07) is 3.05. The minimum Gasteiger partial charge on any atom is -0.310 e. The molecule has 0 saturated heterocycles. The monoisotopic (exact) mass is 364 g/mol. The van der Waals surface area contributed by atoms with Crippen molar-refractivity contribution >= 4 is 15.4 Å². The lowest BCUT2D eigenvalue weighted by molar-refractivity contribution is -0.137. The summed E-state index contributed by atoms with van der Waals surface area (Å²) in [5.74, 6) is -1.88. The topological polar surface area (TPSA) is 102 Å². The van der Waals surface area contributed by atoms with E-state index in [9.17, 15) is 22.3 Å². The molecule has 0 aliphatic carbocycles. The van der Waals surface area contributed by atoms with Crippen LogP contribution in [0.2, 0.25) is 0 Å². The Hall–Kier alpha value is -0.730. The Morgan fingerprint density at radius 2 is 1.50 bits per heavy atom. The van der Waals surface area contributed by atoms with Crippen LogP contribution in [-0.2, 0) is 28.9 Å². The zero-order valence-corrected chi connectivity index (χ0v) is 13.1.